The van der Waals surface area contributed by atoms with Gasteiger partial charge in [0, 0.05) is 12.0 Å². The predicted molar refractivity (Wildman–Crippen MR) is 44.6 cm³/mol. The van der Waals surface area contributed by atoms with Crippen molar-refractivity contribution in [1.29, 1.82) is 0 Å². The first kappa shape index (κ1) is 7.56. The molecule has 1 spiro atoms. The van der Waals surface area contributed by atoms with Crippen molar-refractivity contribution in [2.75, 3.05) is 19.7 Å². The normalized spacial score (nSPS) is 36.3. The van der Waals surface area contributed by atoms with Gasteiger partial charge >= 0.3 is 0 Å². The van der Waals surface area contributed by atoms with Gasteiger partial charge in [-0.2, -0.15) is 0 Å². The number of nitrogens with one attached hydrogen (secondary N) is 1. The molecule has 2 aliphatic heterocycles. The Bertz CT molecular complexity index is 140. The average molecular weight is 155 g/mol. The second-order valence-electron chi connectivity index (χ2n) is 3.88. The summed E-state index contributed by atoms with van der Waals surface area (Å²) in [5.41, 5.74) is 0.547. The fourth-order valence-electron chi connectivity index (χ4n) is 2.40. The molecule has 2 heterocycles. The predicted octanol–water partition coefficient (Wildman–Crippen LogP) is 1.17. The average Bonchev–Trinajstić information content (AvgIpc) is 2.36. The number of hydrogen-bond acceptors (Lipinski definition) is 2. The van der Waals surface area contributed by atoms with Crippen LogP contribution < -0.4 is 5.32 Å². The second-order valence-corrected chi connectivity index (χ2v) is 3.88. The van der Waals surface area contributed by atoms with Gasteiger partial charge < -0.3 is 10.1 Å². The van der Waals surface area contributed by atoms with Crippen LogP contribution in [0.15, 0.2) is 0 Å². The highest BCUT2D eigenvalue weighted by Crippen LogP contribution is 2.42. The summed E-state index contributed by atoms with van der Waals surface area (Å²) in [6.45, 7) is 5.60. The Labute approximate surface area is 68.3 Å². The molecule has 0 amide bonds. The van der Waals surface area contributed by atoms with E-state index in [4.69, 9.17) is 4.74 Å². The molecule has 0 saturated carbocycles. The smallest absolute Gasteiger partial charge is 0.0604 e. The molecule has 2 saturated heterocycles. The maximum absolute atomic E-state index is 5.62. The van der Waals surface area contributed by atoms with Crippen molar-refractivity contribution in [3.05, 3.63) is 0 Å². The van der Waals surface area contributed by atoms with E-state index >= 15 is 0 Å². The van der Waals surface area contributed by atoms with Crippen LogP contribution >= 0.6 is 0 Å². The first-order chi connectivity index (χ1) is 5.33. The summed E-state index contributed by atoms with van der Waals surface area (Å²) in [5.74, 6) is 0. The van der Waals surface area contributed by atoms with E-state index in [-0.39, 0.29) is 0 Å². The van der Waals surface area contributed by atoms with Gasteiger partial charge in [0.05, 0.1) is 6.10 Å². The Hall–Kier alpha value is -0.0800. The van der Waals surface area contributed by atoms with E-state index in [1.54, 1.807) is 0 Å². The number of rotatable bonds is 0. The summed E-state index contributed by atoms with van der Waals surface area (Å²) in [5, 5.41) is 3.40. The lowest BCUT2D eigenvalue weighted by molar-refractivity contribution is 0.0463. The minimum absolute atomic E-state index is 0.504. The van der Waals surface area contributed by atoms with E-state index < -0.39 is 0 Å². The minimum atomic E-state index is 0.504. The van der Waals surface area contributed by atoms with Crippen molar-refractivity contribution in [3.8, 4) is 0 Å². The molecule has 0 aliphatic carbocycles. The summed E-state index contributed by atoms with van der Waals surface area (Å²) >= 11 is 0. The monoisotopic (exact) mass is 155 g/mol. The third-order valence-corrected chi connectivity index (χ3v) is 3.43. The molecule has 0 radical (unpaired) electrons. The van der Waals surface area contributed by atoms with Crippen molar-refractivity contribution in [2.45, 2.75) is 32.3 Å². The van der Waals surface area contributed by atoms with Crippen LogP contribution in [0.25, 0.3) is 0 Å². The molecule has 0 aromatic heterocycles. The topological polar surface area (TPSA) is 21.3 Å². The molecule has 2 aliphatic rings. The van der Waals surface area contributed by atoms with Crippen LogP contribution in [0.2, 0.25) is 0 Å². The summed E-state index contributed by atoms with van der Waals surface area (Å²) in [6.07, 6.45) is 4.42. The maximum Gasteiger partial charge on any atom is 0.0604 e. The van der Waals surface area contributed by atoms with Crippen molar-refractivity contribution in [2.24, 2.45) is 5.41 Å². The van der Waals surface area contributed by atoms with E-state index in [0.717, 1.165) is 6.61 Å². The highest BCUT2D eigenvalue weighted by molar-refractivity contribution is 4.92. The van der Waals surface area contributed by atoms with Crippen molar-refractivity contribution in [1.82, 2.24) is 5.32 Å². The third-order valence-electron chi connectivity index (χ3n) is 3.43. The van der Waals surface area contributed by atoms with Gasteiger partial charge in [0.25, 0.3) is 0 Å². The summed E-state index contributed by atoms with van der Waals surface area (Å²) in [7, 11) is 0. The Morgan fingerprint density at radius 2 is 2.00 bits per heavy atom. The zero-order valence-electron chi connectivity index (χ0n) is 7.23. The van der Waals surface area contributed by atoms with Gasteiger partial charge in [-0.3, -0.25) is 0 Å². The van der Waals surface area contributed by atoms with Gasteiger partial charge in [-0.1, -0.05) is 0 Å². The fraction of sp³-hybridized carbons (Fsp3) is 1.00. The van der Waals surface area contributed by atoms with Crippen LogP contribution in [0.4, 0.5) is 0 Å². The zero-order chi connectivity index (χ0) is 7.73. The molecule has 2 rings (SSSR count). The van der Waals surface area contributed by atoms with Gasteiger partial charge in [0.15, 0.2) is 0 Å². The molecule has 0 bridgehead atoms. The quantitative estimate of drug-likeness (QED) is 0.567. The minimum Gasteiger partial charge on any atom is -0.378 e. The molecular weight excluding hydrogens is 138 g/mol. The maximum atomic E-state index is 5.62. The van der Waals surface area contributed by atoms with Crippen LogP contribution in [0, 0.1) is 5.41 Å². The Morgan fingerprint density at radius 1 is 1.27 bits per heavy atom. The van der Waals surface area contributed by atoms with Crippen LogP contribution in [-0.2, 0) is 4.74 Å². The molecule has 2 nitrogen and oxygen atoms in total. The van der Waals surface area contributed by atoms with E-state index in [0.29, 0.717) is 11.5 Å². The largest absolute Gasteiger partial charge is 0.378 e. The molecule has 0 aromatic carbocycles. The number of ether oxygens (including phenoxy) is 1. The standard InChI is InChI=1S/C9H17NO/c1-8-9(4-7-11-8)2-5-10-6-3-9/h8,10H,2-7H2,1H3. The molecular formula is C9H17NO. The lowest BCUT2D eigenvalue weighted by Gasteiger charge is -2.36. The van der Waals surface area contributed by atoms with E-state index in [9.17, 15) is 0 Å². The molecule has 11 heavy (non-hydrogen) atoms. The van der Waals surface area contributed by atoms with Crippen LogP contribution in [-0.4, -0.2) is 25.8 Å². The van der Waals surface area contributed by atoms with Gasteiger partial charge in [-0.05, 0) is 39.3 Å². The van der Waals surface area contributed by atoms with Crippen molar-refractivity contribution in [3.63, 3.8) is 0 Å². The molecule has 1 N–H and O–H groups in total. The van der Waals surface area contributed by atoms with Crippen LogP contribution in [0.3, 0.4) is 0 Å². The van der Waals surface area contributed by atoms with E-state index in [2.05, 4.69) is 12.2 Å². The van der Waals surface area contributed by atoms with Crippen molar-refractivity contribution >= 4 is 0 Å². The summed E-state index contributed by atoms with van der Waals surface area (Å²) in [6, 6.07) is 0. The highest BCUT2D eigenvalue weighted by Gasteiger charge is 2.41. The molecule has 1 atom stereocenters. The Kier molecular flexibility index (Phi) is 1.90. The number of hydrogen-bond donors (Lipinski definition) is 1. The molecule has 64 valence electrons. The lowest BCUT2D eigenvalue weighted by atomic mass is 9.74. The Morgan fingerprint density at radius 3 is 2.55 bits per heavy atom. The molecule has 1 unspecified atom stereocenters. The van der Waals surface area contributed by atoms with Crippen molar-refractivity contribution < 1.29 is 4.74 Å². The first-order valence-electron chi connectivity index (χ1n) is 4.66. The van der Waals surface area contributed by atoms with Crippen LogP contribution in [0.5, 0.6) is 0 Å². The third kappa shape index (κ3) is 1.18. The number of piperidine rings is 1. The van der Waals surface area contributed by atoms with Gasteiger partial charge in [-0.25, -0.2) is 0 Å². The molecule has 2 fully saturated rings. The van der Waals surface area contributed by atoms with Crippen LogP contribution in [0.1, 0.15) is 26.2 Å². The SMILES string of the molecule is CC1OCCC12CCNCC2. The summed E-state index contributed by atoms with van der Waals surface area (Å²) < 4.78 is 5.62. The van der Waals surface area contributed by atoms with Gasteiger partial charge in [0.1, 0.15) is 0 Å². The Balaban J connectivity index is 2.06. The summed E-state index contributed by atoms with van der Waals surface area (Å²) in [4.78, 5) is 0. The first-order valence-corrected chi connectivity index (χ1v) is 4.66. The lowest BCUT2D eigenvalue weighted by Crippen LogP contribution is -2.40. The fourth-order valence-corrected chi connectivity index (χ4v) is 2.40. The molecule has 0 aromatic rings. The van der Waals surface area contributed by atoms with Gasteiger partial charge in [-0.15, -0.1) is 0 Å². The zero-order valence-corrected chi connectivity index (χ0v) is 7.23. The highest BCUT2D eigenvalue weighted by atomic mass is 16.5. The second kappa shape index (κ2) is 2.76. The molecule has 2 heteroatoms. The van der Waals surface area contributed by atoms with E-state index in [1.165, 1.54) is 32.4 Å². The van der Waals surface area contributed by atoms with E-state index in [1.807, 2.05) is 0 Å². The van der Waals surface area contributed by atoms with Gasteiger partial charge in [0.2, 0.25) is 0 Å².